The average Bonchev–Trinajstić information content (AvgIpc) is 2.92. The van der Waals surface area contributed by atoms with E-state index in [0.29, 0.717) is 17.8 Å². The van der Waals surface area contributed by atoms with Gasteiger partial charge in [0.15, 0.2) is 0 Å². The highest BCUT2D eigenvalue weighted by Gasteiger charge is 2.36. The number of likely N-dealkylation sites (N-methyl/N-ethyl adjacent to an activating group) is 1. The van der Waals surface area contributed by atoms with Gasteiger partial charge in [-0.05, 0) is 44.8 Å². The van der Waals surface area contributed by atoms with Crippen LogP contribution in [-0.2, 0) is 4.79 Å². The van der Waals surface area contributed by atoms with Crippen molar-refractivity contribution < 1.29 is 14.0 Å². The molecular weight excluding hydrogens is 357 g/mol. The molecule has 146 valence electrons. The van der Waals surface area contributed by atoms with Crippen LogP contribution >= 0.6 is 0 Å². The summed E-state index contributed by atoms with van der Waals surface area (Å²) < 4.78 is 13.6. The van der Waals surface area contributed by atoms with E-state index in [-0.39, 0.29) is 23.7 Å². The van der Waals surface area contributed by atoms with Gasteiger partial charge in [-0.15, -0.1) is 0 Å². The zero-order chi connectivity index (χ0) is 20.4. The Hall–Kier alpha value is -2.99. The van der Waals surface area contributed by atoms with Crippen LogP contribution in [0.15, 0.2) is 55.1 Å². The minimum atomic E-state index is -0.706. The number of hydrogen-bond donors (Lipinski definition) is 1. The van der Waals surface area contributed by atoms with E-state index in [1.54, 1.807) is 25.1 Å². The Morgan fingerprint density at radius 1 is 1.18 bits per heavy atom. The summed E-state index contributed by atoms with van der Waals surface area (Å²) in [7, 11) is 3.74. The van der Waals surface area contributed by atoms with Crippen LogP contribution in [-0.4, -0.2) is 48.3 Å². The van der Waals surface area contributed by atoms with E-state index < -0.39 is 6.04 Å². The zero-order valence-corrected chi connectivity index (χ0v) is 16.3. The molecule has 0 saturated carbocycles. The number of carbonyl (C=O) groups is 2. The lowest BCUT2D eigenvalue weighted by Crippen LogP contribution is -2.46. The van der Waals surface area contributed by atoms with Crippen molar-refractivity contribution in [3.63, 3.8) is 0 Å². The number of rotatable bonds is 6. The summed E-state index contributed by atoms with van der Waals surface area (Å²) in [6.45, 7) is 5.96. The molecule has 0 aliphatic carbocycles. The predicted molar refractivity (Wildman–Crippen MR) is 107 cm³/mol. The maximum absolute atomic E-state index is 13.6. The maximum Gasteiger partial charge on any atom is 0.259 e. The van der Waals surface area contributed by atoms with Crippen LogP contribution in [0.4, 0.5) is 4.39 Å². The monoisotopic (exact) mass is 381 g/mol. The second-order valence-electron chi connectivity index (χ2n) is 7.12. The number of benzene rings is 2. The van der Waals surface area contributed by atoms with Crippen molar-refractivity contribution in [3.8, 4) is 0 Å². The van der Waals surface area contributed by atoms with Crippen LogP contribution < -0.4 is 5.32 Å². The molecule has 3 rings (SSSR count). The molecule has 28 heavy (non-hydrogen) atoms. The fourth-order valence-electron chi connectivity index (χ4n) is 3.49. The van der Waals surface area contributed by atoms with E-state index in [1.807, 2.05) is 37.2 Å². The molecule has 1 heterocycles. The van der Waals surface area contributed by atoms with Gasteiger partial charge in [0.25, 0.3) is 5.91 Å². The van der Waals surface area contributed by atoms with Crippen molar-refractivity contribution in [2.75, 3.05) is 20.6 Å². The van der Waals surface area contributed by atoms with Gasteiger partial charge in [-0.2, -0.15) is 0 Å². The Kier molecular flexibility index (Phi) is 5.61. The van der Waals surface area contributed by atoms with Gasteiger partial charge in [0.05, 0.1) is 6.04 Å². The first-order chi connectivity index (χ1) is 13.3. The third kappa shape index (κ3) is 3.68. The molecule has 1 aliphatic heterocycles. The molecule has 0 saturated heterocycles. The minimum absolute atomic E-state index is 0.193. The second kappa shape index (κ2) is 7.94. The van der Waals surface area contributed by atoms with E-state index in [9.17, 15) is 14.0 Å². The lowest BCUT2D eigenvalue weighted by Gasteiger charge is -2.28. The predicted octanol–water partition coefficient (Wildman–Crippen LogP) is 3.06. The van der Waals surface area contributed by atoms with E-state index in [2.05, 4.69) is 11.9 Å². The van der Waals surface area contributed by atoms with Crippen LogP contribution in [0.2, 0.25) is 0 Å². The third-order valence-electron chi connectivity index (χ3n) is 5.07. The van der Waals surface area contributed by atoms with Gasteiger partial charge >= 0.3 is 0 Å². The zero-order valence-electron chi connectivity index (χ0n) is 16.3. The summed E-state index contributed by atoms with van der Waals surface area (Å²) in [6, 6.07) is 12.6. The number of nitrogens with one attached hydrogen (secondary N) is 1. The van der Waals surface area contributed by atoms with Gasteiger partial charge in [-0.1, -0.05) is 36.9 Å². The van der Waals surface area contributed by atoms with Crippen molar-refractivity contribution in [2.45, 2.75) is 19.0 Å². The van der Waals surface area contributed by atoms with Crippen molar-refractivity contribution in [1.82, 2.24) is 15.1 Å². The van der Waals surface area contributed by atoms with Crippen LogP contribution in [0.3, 0.4) is 0 Å². The van der Waals surface area contributed by atoms with Crippen molar-refractivity contribution in [2.24, 2.45) is 0 Å². The van der Waals surface area contributed by atoms with Crippen LogP contribution in [0.25, 0.3) is 5.70 Å². The van der Waals surface area contributed by atoms with Crippen molar-refractivity contribution >= 4 is 17.5 Å². The van der Waals surface area contributed by atoms with Crippen LogP contribution in [0.1, 0.15) is 34.5 Å². The van der Waals surface area contributed by atoms with Crippen molar-refractivity contribution in [1.29, 1.82) is 0 Å². The summed E-state index contributed by atoms with van der Waals surface area (Å²) in [5.41, 5.74) is 2.60. The molecule has 2 atom stereocenters. The van der Waals surface area contributed by atoms with Gasteiger partial charge in [-0.25, -0.2) is 4.39 Å². The SMILES string of the molecule is C=C1c2ccccc2C(=O)N1[C@H](C)C(=O)NC[C@@H](c1cccc(F)c1)N(C)C. The van der Waals surface area contributed by atoms with Gasteiger partial charge < -0.3 is 10.2 Å². The molecule has 0 fully saturated rings. The highest BCUT2D eigenvalue weighted by atomic mass is 19.1. The number of halogens is 1. The second-order valence-corrected chi connectivity index (χ2v) is 7.12. The highest BCUT2D eigenvalue weighted by molar-refractivity contribution is 6.10. The smallest absolute Gasteiger partial charge is 0.259 e. The molecule has 1 aliphatic rings. The number of fused-ring (bicyclic) bond motifs is 1. The molecule has 0 spiro atoms. The Labute approximate surface area is 164 Å². The molecule has 0 radical (unpaired) electrons. The number of hydrogen-bond acceptors (Lipinski definition) is 3. The fraction of sp³-hybridized carbons (Fsp3) is 0.273. The summed E-state index contributed by atoms with van der Waals surface area (Å²) in [6.07, 6.45) is 0. The molecule has 1 N–H and O–H groups in total. The van der Waals surface area contributed by atoms with Crippen LogP contribution in [0, 0.1) is 5.82 Å². The first-order valence-electron chi connectivity index (χ1n) is 9.12. The molecule has 6 heteroatoms. The van der Waals surface area contributed by atoms with E-state index >= 15 is 0 Å². The number of nitrogens with zero attached hydrogens (tertiary/aromatic N) is 2. The minimum Gasteiger partial charge on any atom is -0.352 e. The molecule has 0 unspecified atom stereocenters. The van der Waals surface area contributed by atoms with Gasteiger partial charge in [-0.3, -0.25) is 14.5 Å². The Balaban J connectivity index is 1.71. The van der Waals surface area contributed by atoms with Crippen molar-refractivity contribution in [3.05, 3.63) is 77.6 Å². The van der Waals surface area contributed by atoms with Gasteiger partial charge in [0, 0.05) is 23.4 Å². The quantitative estimate of drug-likeness (QED) is 0.837. The Morgan fingerprint density at radius 2 is 1.86 bits per heavy atom. The first-order valence-corrected chi connectivity index (χ1v) is 9.12. The molecule has 0 aromatic heterocycles. The molecule has 5 nitrogen and oxygen atoms in total. The molecule has 0 bridgehead atoms. The Morgan fingerprint density at radius 3 is 2.46 bits per heavy atom. The van der Waals surface area contributed by atoms with E-state index in [0.717, 1.165) is 11.1 Å². The largest absolute Gasteiger partial charge is 0.352 e. The van der Waals surface area contributed by atoms with E-state index in [1.165, 1.54) is 17.0 Å². The number of amides is 2. The maximum atomic E-state index is 13.6. The molecule has 2 amide bonds. The molecule has 2 aromatic carbocycles. The normalized spacial score (nSPS) is 15.5. The fourth-order valence-corrected chi connectivity index (χ4v) is 3.49. The lowest BCUT2D eigenvalue weighted by atomic mass is 10.1. The summed E-state index contributed by atoms with van der Waals surface area (Å²) >= 11 is 0. The number of carbonyl (C=O) groups excluding carboxylic acids is 2. The summed E-state index contributed by atoms with van der Waals surface area (Å²) in [4.78, 5) is 28.8. The Bertz CT molecular complexity index is 891. The standard InChI is InChI=1S/C22H24FN3O2/c1-14-18-10-5-6-11-19(18)22(28)26(14)15(2)21(27)24-13-20(25(3)4)16-8-7-9-17(23)12-16/h5-12,15,20H,1,13H2,2-4H3,(H,24,27)/t15-,20+/m1/s1. The van der Waals surface area contributed by atoms with Gasteiger partial charge in [0.1, 0.15) is 11.9 Å². The first kappa shape index (κ1) is 19.8. The average molecular weight is 381 g/mol. The van der Waals surface area contributed by atoms with Crippen LogP contribution in [0.5, 0.6) is 0 Å². The highest BCUT2D eigenvalue weighted by Crippen LogP contribution is 2.32. The molecule has 2 aromatic rings. The lowest BCUT2D eigenvalue weighted by molar-refractivity contribution is -0.124. The molecular formula is C22H24FN3O2. The third-order valence-corrected chi connectivity index (χ3v) is 5.07. The van der Waals surface area contributed by atoms with E-state index in [4.69, 9.17) is 0 Å². The summed E-state index contributed by atoms with van der Waals surface area (Å²) in [5, 5.41) is 2.89. The van der Waals surface area contributed by atoms with Gasteiger partial charge in [0.2, 0.25) is 5.91 Å². The topological polar surface area (TPSA) is 52.7 Å². The summed E-state index contributed by atoms with van der Waals surface area (Å²) in [5.74, 6) is -0.830.